The molecule has 0 saturated heterocycles. The van der Waals surface area contributed by atoms with E-state index in [1.165, 1.54) is 48.3 Å². The Morgan fingerprint density at radius 2 is 2.25 bits per heavy atom. The summed E-state index contributed by atoms with van der Waals surface area (Å²) in [6.07, 6.45) is 6.49. The lowest BCUT2D eigenvalue weighted by atomic mass is 9.97. The summed E-state index contributed by atoms with van der Waals surface area (Å²) in [5.41, 5.74) is 1.40. The minimum atomic E-state index is 0.487. The van der Waals surface area contributed by atoms with E-state index in [9.17, 15) is 0 Å². The van der Waals surface area contributed by atoms with Crippen LogP contribution in [0.2, 0.25) is 5.02 Å². The number of hydrogen-bond acceptors (Lipinski definition) is 2. The highest BCUT2D eigenvalue weighted by Crippen LogP contribution is 2.37. The topological polar surface area (TPSA) is 12.0 Å². The third-order valence-electron chi connectivity index (χ3n) is 4.21. The zero-order valence-corrected chi connectivity index (χ0v) is 14.2. The van der Waals surface area contributed by atoms with E-state index < -0.39 is 0 Å². The largest absolute Gasteiger partial charge is 0.310 e. The molecule has 0 saturated carbocycles. The van der Waals surface area contributed by atoms with E-state index in [1.54, 1.807) is 0 Å². The molecule has 2 atom stereocenters. The fourth-order valence-corrected chi connectivity index (χ4v) is 4.12. The van der Waals surface area contributed by atoms with Crippen LogP contribution in [0, 0.1) is 5.92 Å². The van der Waals surface area contributed by atoms with Crippen LogP contribution in [0.4, 0.5) is 0 Å². The first-order chi connectivity index (χ1) is 9.74. The first-order valence-corrected chi connectivity index (χ1v) is 9.26. The van der Waals surface area contributed by atoms with Gasteiger partial charge in [0.1, 0.15) is 0 Å². The zero-order chi connectivity index (χ0) is 14.4. The smallest absolute Gasteiger partial charge is 0.0410 e. The molecule has 2 rings (SSSR count). The number of halogens is 1. The lowest BCUT2D eigenvalue weighted by Gasteiger charge is -2.28. The molecule has 1 heterocycles. The molecule has 1 aromatic rings. The average Bonchev–Trinajstić information content (AvgIpc) is 2.47. The summed E-state index contributed by atoms with van der Waals surface area (Å²) in [5, 5.41) is 4.65. The van der Waals surface area contributed by atoms with Gasteiger partial charge in [0, 0.05) is 16.0 Å². The summed E-state index contributed by atoms with van der Waals surface area (Å²) in [5.74, 6) is 2.02. The predicted octanol–water partition coefficient (Wildman–Crippen LogP) is 5.68. The van der Waals surface area contributed by atoms with Crippen molar-refractivity contribution in [3.05, 3.63) is 28.8 Å². The molecular formula is C17H26ClNS. The fraction of sp³-hybridized carbons (Fsp3) is 0.647. The third-order valence-corrected chi connectivity index (χ3v) is 5.57. The molecule has 1 nitrogen and oxygen atoms in total. The third kappa shape index (κ3) is 4.41. The van der Waals surface area contributed by atoms with Gasteiger partial charge in [0.05, 0.1) is 0 Å². The second kappa shape index (κ2) is 8.31. The number of rotatable bonds is 7. The Hall–Kier alpha value is -0.180. The van der Waals surface area contributed by atoms with Crippen LogP contribution >= 0.6 is 23.4 Å². The Labute approximate surface area is 132 Å². The molecule has 1 aromatic carbocycles. The van der Waals surface area contributed by atoms with Crippen molar-refractivity contribution in [1.82, 2.24) is 5.32 Å². The van der Waals surface area contributed by atoms with Crippen LogP contribution in [0.25, 0.3) is 0 Å². The SMILES string of the molecule is CCCCC(CC)CNC1CCSc2ccc(Cl)cc21. The molecule has 1 aliphatic heterocycles. The molecular weight excluding hydrogens is 286 g/mol. The molecule has 2 unspecified atom stereocenters. The van der Waals surface area contributed by atoms with Crippen molar-refractivity contribution in [2.75, 3.05) is 12.3 Å². The van der Waals surface area contributed by atoms with Crippen molar-refractivity contribution in [3.8, 4) is 0 Å². The van der Waals surface area contributed by atoms with Gasteiger partial charge in [-0.25, -0.2) is 0 Å². The summed E-state index contributed by atoms with van der Waals surface area (Å²) in [6, 6.07) is 6.81. The molecule has 1 aliphatic rings. The van der Waals surface area contributed by atoms with Gasteiger partial charge in [-0.15, -0.1) is 11.8 Å². The molecule has 0 bridgehead atoms. The lowest BCUT2D eigenvalue weighted by molar-refractivity contribution is 0.384. The van der Waals surface area contributed by atoms with Gasteiger partial charge in [-0.3, -0.25) is 0 Å². The van der Waals surface area contributed by atoms with Crippen LogP contribution in [-0.4, -0.2) is 12.3 Å². The van der Waals surface area contributed by atoms with Crippen molar-refractivity contribution in [3.63, 3.8) is 0 Å². The van der Waals surface area contributed by atoms with E-state index in [0.29, 0.717) is 6.04 Å². The van der Waals surface area contributed by atoms with Crippen LogP contribution in [0.3, 0.4) is 0 Å². The lowest BCUT2D eigenvalue weighted by Crippen LogP contribution is -2.29. The highest BCUT2D eigenvalue weighted by molar-refractivity contribution is 7.99. The van der Waals surface area contributed by atoms with E-state index in [4.69, 9.17) is 11.6 Å². The number of benzene rings is 1. The van der Waals surface area contributed by atoms with Gasteiger partial charge in [0.15, 0.2) is 0 Å². The summed E-state index contributed by atoms with van der Waals surface area (Å²) in [4.78, 5) is 1.40. The first-order valence-electron chi connectivity index (χ1n) is 7.90. The average molecular weight is 312 g/mol. The molecule has 0 fully saturated rings. The number of unbranched alkanes of at least 4 members (excludes halogenated alkanes) is 1. The number of nitrogens with one attached hydrogen (secondary N) is 1. The minimum absolute atomic E-state index is 0.487. The van der Waals surface area contributed by atoms with Gasteiger partial charge >= 0.3 is 0 Å². The van der Waals surface area contributed by atoms with Crippen molar-refractivity contribution in [2.24, 2.45) is 5.92 Å². The molecule has 0 radical (unpaired) electrons. The summed E-state index contributed by atoms with van der Waals surface area (Å²) >= 11 is 8.12. The molecule has 1 N–H and O–H groups in total. The molecule has 112 valence electrons. The molecule has 3 heteroatoms. The molecule has 0 spiro atoms. The second-order valence-electron chi connectivity index (χ2n) is 5.70. The van der Waals surface area contributed by atoms with E-state index in [1.807, 2.05) is 17.8 Å². The molecule has 0 aromatic heterocycles. The normalized spacial score (nSPS) is 19.6. The van der Waals surface area contributed by atoms with Crippen LogP contribution in [0.15, 0.2) is 23.1 Å². The van der Waals surface area contributed by atoms with Gasteiger partial charge in [0.25, 0.3) is 0 Å². The van der Waals surface area contributed by atoms with Crippen LogP contribution < -0.4 is 5.32 Å². The number of fused-ring (bicyclic) bond motifs is 1. The minimum Gasteiger partial charge on any atom is -0.310 e. The first kappa shape index (κ1) is 16.2. The van der Waals surface area contributed by atoms with Crippen LogP contribution in [0.5, 0.6) is 0 Å². The maximum atomic E-state index is 6.16. The molecule has 0 aliphatic carbocycles. The Kier molecular flexibility index (Phi) is 6.73. The molecule has 0 amide bonds. The van der Waals surface area contributed by atoms with Gasteiger partial charge in [-0.05, 0) is 54.8 Å². The zero-order valence-electron chi connectivity index (χ0n) is 12.6. The van der Waals surface area contributed by atoms with Gasteiger partial charge < -0.3 is 5.32 Å². The van der Waals surface area contributed by atoms with Crippen molar-refractivity contribution >= 4 is 23.4 Å². The second-order valence-corrected chi connectivity index (χ2v) is 7.27. The van der Waals surface area contributed by atoms with Crippen molar-refractivity contribution in [2.45, 2.75) is 56.9 Å². The fourth-order valence-electron chi connectivity index (χ4n) is 2.83. The Balaban J connectivity index is 1.95. The monoisotopic (exact) mass is 311 g/mol. The van der Waals surface area contributed by atoms with Gasteiger partial charge in [-0.1, -0.05) is 44.7 Å². The number of hydrogen-bond donors (Lipinski definition) is 1. The Morgan fingerprint density at radius 3 is 3.00 bits per heavy atom. The van der Waals surface area contributed by atoms with Gasteiger partial charge in [0.2, 0.25) is 0 Å². The summed E-state index contributed by atoms with van der Waals surface area (Å²) in [7, 11) is 0. The van der Waals surface area contributed by atoms with Crippen molar-refractivity contribution in [1.29, 1.82) is 0 Å². The predicted molar refractivity (Wildman–Crippen MR) is 90.8 cm³/mol. The van der Waals surface area contributed by atoms with Crippen LogP contribution in [0.1, 0.15) is 57.6 Å². The van der Waals surface area contributed by atoms with E-state index in [0.717, 1.165) is 17.5 Å². The Bertz CT molecular complexity index is 421. The van der Waals surface area contributed by atoms with Crippen molar-refractivity contribution < 1.29 is 0 Å². The summed E-state index contributed by atoms with van der Waals surface area (Å²) < 4.78 is 0. The molecule has 20 heavy (non-hydrogen) atoms. The number of thioether (sulfide) groups is 1. The highest BCUT2D eigenvalue weighted by atomic mass is 35.5. The highest BCUT2D eigenvalue weighted by Gasteiger charge is 2.21. The van der Waals surface area contributed by atoms with Crippen LogP contribution in [-0.2, 0) is 0 Å². The standard InChI is InChI=1S/C17H26ClNS/c1-3-5-6-13(4-2)12-19-16-9-10-20-17-8-7-14(18)11-15(16)17/h7-8,11,13,16,19H,3-6,9-10,12H2,1-2H3. The maximum absolute atomic E-state index is 6.16. The maximum Gasteiger partial charge on any atom is 0.0410 e. The van der Waals surface area contributed by atoms with E-state index in [2.05, 4.69) is 31.3 Å². The van der Waals surface area contributed by atoms with E-state index in [-0.39, 0.29) is 0 Å². The Morgan fingerprint density at radius 1 is 1.40 bits per heavy atom. The quantitative estimate of drug-likeness (QED) is 0.695. The van der Waals surface area contributed by atoms with E-state index >= 15 is 0 Å². The van der Waals surface area contributed by atoms with Gasteiger partial charge in [-0.2, -0.15) is 0 Å². The summed E-state index contributed by atoms with van der Waals surface area (Å²) in [6.45, 7) is 5.72.